The molecule has 0 unspecified atom stereocenters. The van der Waals surface area contributed by atoms with Crippen LogP contribution in [0.15, 0.2) is 88.8 Å². The second kappa shape index (κ2) is 8.56. The van der Waals surface area contributed by atoms with Crippen molar-refractivity contribution in [3.05, 3.63) is 106 Å². The first-order chi connectivity index (χ1) is 17.1. The Morgan fingerprint density at radius 2 is 1.63 bits per heavy atom. The summed E-state index contributed by atoms with van der Waals surface area (Å²) in [4.78, 5) is 29.9. The number of benzene rings is 3. The summed E-state index contributed by atoms with van der Waals surface area (Å²) >= 11 is 1.33. The minimum absolute atomic E-state index is 0.0172. The van der Waals surface area contributed by atoms with E-state index in [2.05, 4.69) is 15.2 Å². The lowest BCUT2D eigenvalue weighted by molar-refractivity contribution is 0.102. The van der Waals surface area contributed by atoms with E-state index in [0.29, 0.717) is 28.4 Å². The summed E-state index contributed by atoms with van der Waals surface area (Å²) in [5.74, 6) is 0.676. The van der Waals surface area contributed by atoms with Gasteiger partial charge in [0.2, 0.25) is 5.78 Å². The van der Waals surface area contributed by atoms with E-state index in [1.807, 2.05) is 90.2 Å². The molecule has 0 amide bonds. The molecule has 0 aliphatic carbocycles. The van der Waals surface area contributed by atoms with Gasteiger partial charge < -0.3 is 4.98 Å². The van der Waals surface area contributed by atoms with Gasteiger partial charge in [0.05, 0.1) is 23.2 Å². The zero-order valence-electron chi connectivity index (χ0n) is 18.9. The number of carbonyl (C=O) groups is 1. The van der Waals surface area contributed by atoms with Crippen molar-refractivity contribution in [3.8, 4) is 0 Å². The van der Waals surface area contributed by atoms with Crippen LogP contribution >= 0.6 is 11.8 Å². The highest BCUT2D eigenvalue weighted by atomic mass is 32.2. The number of ketones is 1. The molecule has 0 spiro atoms. The number of para-hydroxylation sites is 2. The number of hydrogen-bond donors (Lipinski definition) is 1. The molecule has 6 rings (SSSR count). The summed E-state index contributed by atoms with van der Waals surface area (Å²) in [7, 11) is 0. The molecule has 0 aliphatic heterocycles. The van der Waals surface area contributed by atoms with Gasteiger partial charge in [-0.3, -0.25) is 18.6 Å². The zero-order chi connectivity index (χ0) is 23.9. The van der Waals surface area contributed by atoms with Crippen LogP contribution in [0.5, 0.6) is 0 Å². The number of Topliss-reactive ketones (excluding diaryl/α,β-unsaturated/α-hetero) is 1. The van der Waals surface area contributed by atoms with Crippen molar-refractivity contribution in [1.29, 1.82) is 0 Å². The van der Waals surface area contributed by atoms with E-state index in [0.717, 1.165) is 27.7 Å². The number of H-pyrrole nitrogens is 1. The topological polar surface area (TPSA) is 85.0 Å². The lowest BCUT2D eigenvalue weighted by atomic mass is 10.1. The van der Waals surface area contributed by atoms with Gasteiger partial charge >= 0.3 is 0 Å². The first kappa shape index (κ1) is 21.4. The fourth-order valence-corrected chi connectivity index (χ4v) is 5.39. The number of rotatable bonds is 6. The van der Waals surface area contributed by atoms with Gasteiger partial charge in [0.25, 0.3) is 5.56 Å². The summed E-state index contributed by atoms with van der Waals surface area (Å²) in [5.41, 5.74) is 4.10. The zero-order valence-corrected chi connectivity index (χ0v) is 19.7. The highest BCUT2D eigenvalue weighted by Gasteiger charge is 2.20. The molecule has 0 radical (unpaired) electrons. The maximum Gasteiger partial charge on any atom is 0.263 e. The van der Waals surface area contributed by atoms with Crippen LogP contribution in [0.1, 0.15) is 21.6 Å². The van der Waals surface area contributed by atoms with Gasteiger partial charge in [-0.2, -0.15) is 0 Å². The van der Waals surface area contributed by atoms with Crippen molar-refractivity contribution in [2.45, 2.75) is 18.6 Å². The maximum absolute atomic E-state index is 13.4. The second-order valence-corrected chi connectivity index (χ2v) is 9.34. The number of aromatic nitrogens is 5. The van der Waals surface area contributed by atoms with Crippen molar-refractivity contribution in [2.75, 3.05) is 5.75 Å². The Kier molecular flexibility index (Phi) is 5.22. The molecule has 8 heteroatoms. The molecule has 7 nitrogen and oxygen atoms in total. The predicted molar refractivity (Wildman–Crippen MR) is 138 cm³/mol. The first-order valence-electron chi connectivity index (χ1n) is 11.3. The van der Waals surface area contributed by atoms with E-state index >= 15 is 0 Å². The molecule has 6 aromatic rings. The number of aryl methyl sites for hydroxylation is 1. The smallest absolute Gasteiger partial charge is 0.263 e. The van der Waals surface area contributed by atoms with Crippen molar-refractivity contribution >= 4 is 45.1 Å². The second-order valence-electron chi connectivity index (χ2n) is 8.39. The van der Waals surface area contributed by atoms with Crippen molar-refractivity contribution in [2.24, 2.45) is 0 Å². The van der Waals surface area contributed by atoms with Gasteiger partial charge in [-0.1, -0.05) is 72.4 Å². The Morgan fingerprint density at radius 3 is 2.46 bits per heavy atom. The van der Waals surface area contributed by atoms with Gasteiger partial charge in [0.1, 0.15) is 0 Å². The predicted octanol–water partition coefficient (Wildman–Crippen LogP) is 4.86. The van der Waals surface area contributed by atoms with Crippen LogP contribution in [0.4, 0.5) is 0 Å². The lowest BCUT2D eigenvalue weighted by Gasteiger charge is -2.11. The Labute approximate surface area is 204 Å². The Balaban J connectivity index is 1.42. The van der Waals surface area contributed by atoms with Crippen LogP contribution < -0.4 is 5.56 Å². The normalized spacial score (nSPS) is 11.6. The third kappa shape index (κ3) is 3.63. The van der Waals surface area contributed by atoms with Crippen molar-refractivity contribution < 1.29 is 4.79 Å². The van der Waals surface area contributed by atoms with Crippen LogP contribution in [-0.4, -0.2) is 35.7 Å². The third-order valence-electron chi connectivity index (χ3n) is 6.17. The number of fused-ring (bicyclic) bond motifs is 4. The monoisotopic (exact) mass is 479 g/mol. The largest absolute Gasteiger partial charge is 0.358 e. The fourth-order valence-electron chi connectivity index (χ4n) is 4.57. The number of nitrogens with zero attached hydrogens (tertiary/aromatic N) is 4. The molecule has 0 fully saturated rings. The van der Waals surface area contributed by atoms with Gasteiger partial charge in [0.15, 0.2) is 10.9 Å². The van der Waals surface area contributed by atoms with Crippen LogP contribution in [0.2, 0.25) is 0 Å². The number of carbonyl (C=O) groups excluding carboxylic acids is 1. The minimum atomic E-state index is -0.119. The maximum atomic E-state index is 13.4. The summed E-state index contributed by atoms with van der Waals surface area (Å²) in [5, 5.41) is 10.8. The quantitative estimate of drug-likeness (QED) is 0.272. The lowest BCUT2D eigenvalue weighted by Crippen LogP contribution is -2.24. The molecular weight excluding hydrogens is 458 g/mol. The van der Waals surface area contributed by atoms with Gasteiger partial charge in [-0.05, 0) is 30.7 Å². The summed E-state index contributed by atoms with van der Waals surface area (Å²) in [6.45, 7) is 2.30. The van der Waals surface area contributed by atoms with E-state index < -0.39 is 0 Å². The molecule has 0 bridgehead atoms. The number of aromatic amines is 1. The van der Waals surface area contributed by atoms with Gasteiger partial charge in [0, 0.05) is 22.2 Å². The first-order valence-corrected chi connectivity index (χ1v) is 12.2. The summed E-state index contributed by atoms with van der Waals surface area (Å²) in [6.07, 6.45) is 0. The molecular formula is C27H21N5O2S. The molecule has 0 atom stereocenters. The van der Waals surface area contributed by atoms with E-state index in [4.69, 9.17) is 0 Å². The standard InChI is InChI=1S/C27H21N5O2S/c1-17-24(19-11-5-7-13-21(19)28-17)23(33)16-35-27-30-29-26-31(15-18-9-3-2-4-10-18)25(34)20-12-6-8-14-22(20)32(26)27/h2-14,28H,15-16H2,1H3. The minimum Gasteiger partial charge on any atom is -0.358 e. The van der Waals surface area contributed by atoms with Crippen LogP contribution in [0.25, 0.3) is 27.6 Å². The van der Waals surface area contributed by atoms with Crippen LogP contribution in [0.3, 0.4) is 0 Å². The molecule has 3 aromatic heterocycles. The molecule has 3 heterocycles. The Bertz CT molecular complexity index is 1780. The third-order valence-corrected chi connectivity index (χ3v) is 7.10. The summed E-state index contributed by atoms with van der Waals surface area (Å²) in [6, 6.07) is 25.0. The molecule has 0 aliphatic rings. The highest BCUT2D eigenvalue weighted by molar-refractivity contribution is 7.99. The average molecular weight is 480 g/mol. The van der Waals surface area contributed by atoms with Crippen molar-refractivity contribution in [1.82, 2.24) is 24.1 Å². The molecule has 35 heavy (non-hydrogen) atoms. The molecule has 0 saturated heterocycles. The molecule has 172 valence electrons. The van der Waals surface area contributed by atoms with E-state index in [1.54, 1.807) is 4.57 Å². The highest BCUT2D eigenvalue weighted by Crippen LogP contribution is 2.26. The van der Waals surface area contributed by atoms with Crippen molar-refractivity contribution in [3.63, 3.8) is 0 Å². The average Bonchev–Trinajstić information content (AvgIpc) is 3.46. The Morgan fingerprint density at radius 1 is 0.914 bits per heavy atom. The number of hydrogen-bond acceptors (Lipinski definition) is 5. The van der Waals surface area contributed by atoms with Crippen LogP contribution in [0, 0.1) is 6.92 Å². The Hall–Kier alpha value is -4.17. The fraction of sp³-hybridized carbons (Fsp3) is 0.111. The van der Waals surface area contributed by atoms with Gasteiger partial charge in [-0.15, -0.1) is 10.2 Å². The number of thioether (sulfide) groups is 1. The molecule has 1 N–H and O–H groups in total. The van der Waals surface area contributed by atoms with E-state index in [9.17, 15) is 9.59 Å². The number of nitrogens with one attached hydrogen (secondary N) is 1. The van der Waals surface area contributed by atoms with E-state index in [1.165, 1.54) is 11.8 Å². The van der Waals surface area contributed by atoms with E-state index in [-0.39, 0.29) is 17.1 Å². The van der Waals surface area contributed by atoms with Crippen LogP contribution in [-0.2, 0) is 6.54 Å². The summed E-state index contributed by atoms with van der Waals surface area (Å²) < 4.78 is 3.51. The SMILES string of the molecule is Cc1[nH]c2ccccc2c1C(=O)CSc1nnc2n(Cc3ccccc3)c(=O)c3ccccc3n12. The molecule has 0 saturated carbocycles. The molecule has 3 aromatic carbocycles. The van der Waals surface area contributed by atoms with Gasteiger partial charge in [-0.25, -0.2) is 0 Å².